The molecule has 1 aromatic carbocycles. The van der Waals surface area contributed by atoms with Gasteiger partial charge in [0.1, 0.15) is 22.6 Å². The number of thiophene rings is 1. The molecule has 0 saturated heterocycles. The fourth-order valence-corrected chi connectivity index (χ4v) is 5.54. The molecule has 3 heterocycles. The number of nitrogens with one attached hydrogen (secondary N) is 2. The number of rotatable bonds is 8. The summed E-state index contributed by atoms with van der Waals surface area (Å²) < 4.78 is 5.42. The lowest BCUT2D eigenvalue weighted by atomic mass is 9.87. The first-order chi connectivity index (χ1) is 16.5. The Morgan fingerprint density at radius 1 is 1.29 bits per heavy atom. The van der Waals surface area contributed by atoms with Gasteiger partial charge in [0.25, 0.3) is 0 Å². The second-order valence-electron chi connectivity index (χ2n) is 8.30. The molecule has 1 aliphatic heterocycles. The number of ketones is 1. The molecule has 0 fully saturated rings. The Labute approximate surface area is 202 Å². The Balaban J connectivity index is 1.52. The average Bonchev–Trinajstić information content (AvgIpc) is 3.21. The van der Waals surface area contributed by atoms with Gasteiger partial charge in [-0.25, -0.2) is 0 Å². The summed E-state index contributed by atoms with van der Waals surface area (Å²) in [6.45, 7) is 3.00. The normalized spacial score (nSPS) is 15.6. The number of benzene rings is 1. The van der Waals surface area contributed by atoms with Crippen LogP contribution in [0.25, 0.3) is 0 Å². The summed E-state index contributed by atoms with van der Waals surface area (Å²) in [6.07, 6.45) is 2.11. The van der Waals surface area contributed by atoms with E-state index in [-0.39, 0.29) is 30.4 Å². The Bertz CT molecular complexity index is 1230. The molecule has 2 atom stereocenters. The van der Waals surface area contributed by atoms with Crippen molar-refractivity contribution in [1.82, 2.24) is 10.3 Å². The Hall–Kier alpha value is -3.54. The summed E-state index contributed by atoms with van der Waals surface area (Å²) in [5, 5.41) is 16.6. The van der Waals surface area contributed by atoms with E-state index in [1.807, 2.05) is 49.4 Å². The highest BCUT2D eigenvalue weighted by Gasteiger charge is 2.33. The van der Waals surface area contributed by atoms with Crippen LogP contribution in [-0.4, -0.2) is 30.3 Å². The number of hydrogen-bond acceptors (Lipinski definition) is 7. The van der Waals surface area contributed by atoms with Gasteiger partial charge in [-0.2, -0.15) is 5.26 Å². The number of anilines is 1. The van der Waals surface area contributed by atoms with Crippen molar-refractivity contribution in [2.24, 2.45) is 0 Å². The zero-order valence-electron chi connectivity index (χ0n) is 19.1. The van der Waals surface area contributed by atoms with E-state index < -0.39 is 5.92 Å². The van der Waals surface area contributed by atoms with Gasteiger partial charge in [-0.15, -0.1) is 11.3 Å². The van der Waals surface area contributed by atoms with Crippen molar-refractivity contribution in [2.75, 3.05) is 19.0 Å². The monoisotopic (exact) mass is 474 g/mol. The highest BCUT2D eigenvalue weighted by Crippen LogP contribution is 2.40. The number of methoxy groups -OCH3 is 1. The number of para-hydroxylation sites is 1. The zero-order chi connectivity index (χ0) is 24.1. The molecule has 3 aromatic rings. The van der Waals surface area contributed by atoms with E-state index in [1.54, 1.807) is 13.3 Å². The van der Waals surface area contributed by atoms with Crippen molar-refractivity contribution >= 4 is 28.0 Å². The number of hydrogen-bond donors (Lipinski definition) is 2. The van der Waals surface area contributed by atoms with Crippen molar-refractivity contribution < 1.29 is 14.3 Å². The lowest BCUT2D eigenvalue weighted by Crippen LogP contribution is -2.33. The van der Waals surface area contributed by atoms with Gasteiger partial charge in [0.05, 0.1) is 18.6 Å². The predicted octanol–water partition coefficient (Wildman–Crippen LogP) is 4.15. The molecule has 0 bridgehead atoms. The van der Waals surface area contributed by atoms with Crippen LogP contribution in [0, 0.1) is 11.3 Å². The average molecular weight is 475 g/mol. The maximum absolute atomic E-state index is 13.1. The van der Waals surface area contributed by atoms with Gasteiger partial charge in [-0.3, -0.25) is 14.6 Å². The summed E-state index contributed by atoms with van der Waals surface area (Å²) in [6, 6.07) is 15.4. The van der Waals surface area contributed by atoms with Crippen LogP contribution in [0.3, 0.4) is 0 Å². The molecule has 4 rings (SSSR count). The quantitative estimate of drug-likeness (QED) is 0.508. The zero-order valence-corrected chi connectivity index (χ0v) is 19.9. The smallest absolute Gasteiger partial charge is 0.225 e. The van der Waals surface area contributed by atoms with E-state index >= 15 is 0 Å². The first-order valence-electron chi connectivity index (χ1n) is 11.1. The summed E-state index contributed by atoms with van der Waals surface area (Å²) in [5.41, 5.74) is 2.78. The highest BCUT2D eigenvalue weighted by atomic mass is 32.1. The van der Waals surface area contributed by atoms with Gasteiger partial charge < -0.3 is 15.4 Å². The molecule has 0 saturated carbocycles. The van der Waals surface area contributed by atoms with Gasteiger partial charge >= 0.3 is 0 Å². The largest absolute Gasteiger partial charge is 0.496 e. The third-order valence-corrected chi connectivity index (χ3v) is 7.12. The van der Waals surface area contributed by atoms with E-state index in [1.165, 1.54) is 11.3 Å². The summed E-state index contributed by atoms with van der Waals surface area (Å²) >= 11 is 1.36. The third-order valence-electron chi connectivity index (χ3n) is 6.00. The maximum atomic E-state index is 13.1. The molecule has 2 unspecified atom stereocenters. The number of aromatic nitrogens is 1. The van der Waals surface area contributed by atoms with Gasteiger partial charge in [0.2, 0.25) is 5.91 Å². The first kappa shape index (κ1) is 23.6. The fraction of sp³-hybridized carbons (Fsp3) is 0.308. The van der Waals surface area contributed by atoms with Crippen LogP contribution in [0.4, 0.5) is 5.00 Å². The van der Waals surface area contributed by atoms with E-state index in [0.29, 0.717) is 29.3 Å². The molecule has 2 aromatic heterocycles. The molecule has 2 N–H and O–H groups in total. The van der Waals surface area contributed by atoms with Gasteiger partial charge in [-0.1, -0.05) is 31.2 Å². The van der Waals surface area contributed by atoms with Crippen LogP contribution >= 0.6 is 11.3 Å². The standard InChI is InChI=1S/C26H26N4O3S/c1-16(18-8-3-4-9-22(18)33-2)11-24(32)30-26-19(13-27)25-20(14-28-15-23(25)34-26)21(31)12-17-7-5-6-10-29-17/h3-10,16,20,28H,11-12,14-15H2,1-2H3,(H,30,32). The molecule has 1 amide bonds. The number of nitriles is 1. The van der Waals surface area contributed by atoms with E-state index in [2.05, 4.69) is 21.7 Å². The van der Waals surface area contributed by atoms with Crippen molar-refractivity contribution in [1.29, 1.82) is 5.26 Å². The molecule has 0 radical (unpaired) electrons. The Morgan fingerprint density at radius 2 is 2.09 bits per heavy atom. The second kappa shape index (κ2) is 10.6. The second-order valence-corrected chi connectivity index (χ2v) is 9.40. The van der Waals surface area contributed by atoms with Crippen molar-refractivity contribution in [3.05, 3.63) is 75.9 Å². The minimum absolute atomic E-state index is 0.00382. The molecule has 8 heteroatoms. The highest BCUT2D eigenvalue weighted by molar-refractivity contribution is 7.16. The fourth-order valence-electron chi connectivity index (χ4n) is 4.34. The lowest BCUT2D eigenvalue weighted by molar-refractivity contribution is -0.120. The minimum Gasteiger partial charge on any atom is -0.496 e. The number of nitrogens with zero attached hydrogens (tertiary/aromatic N) is 2. The van der Waals surface area contributed by atoms with Gasteiger partial charge in [0, 0.05) is 42.7 Å². The molecule has 7 nitrogen and oxygen atoms in total. The number of carbonyl (C=O) groups is 2. The number of amides is 1. The molecule has 174 valence electrons. The number of Topliss-reactive ketones (excluding diaryl/α,β-unsaturated/α-hetero) is 1. The third kappa shape index (κ3) is 5.01. The van der Waals surface area contributed by atoms with Crippen LogP contribution in [0.2, 0.25) is 0 Å². The lowest BCUT2D eigenvalue weighted by Gasteiger charge is -2.22. The van der Waals surface area contributed by atoms with Crippen LogP contribution in [0.5, 0.6) is 5.75 Å². The molecular formula is C26H26N4O3S. The predicted molar refractivity (Wildman–Crippen MR) is 131 cm³/mol. The van der Waals surface area contributed by atoms with Crippen molar-refractivity contribution in [3.63, 3.8) is 0 Å². The Morgan fingerprint density at radius 3 is 2.82 bits per heavy atom. The van der Waals surface area contributed by atoms with Crippen LogP contribution < -0.4 is 15.4 Å². The minimum atomic E-state index is -0.449. The number of fused-ring (bicyclic) bond motifs is 1. The van der Waals surface area contributed by atoms with E-state index in [0.717, 1.165) is 21.8 Å². The summed E-state index contributed by atoms with van der Waals surface area (Å²) in [7, 11) is 1.61. The Kier molecular flexibility index (Phi) is 7.36. The van der Waals surface area contributed by atoms with Gasteiger partial charge in [0.15, 0.2) is 0 Å². The SMILES string of the molecule is COc1ccccc1C(C)CC(=O)Nc1sc2c(c1C#N)C(C(=O)Cc1ccccn1)CNC2. The topological polar surface area (TPSA) is 104 Å². The van der Waals surface area contributed by atoms with Crippen LogP contribution in [-0.2, 0) is 22.6 Å². The molecule has 0 aliphatic carbocycles. The summed E-state index contributed by atoms with van der Waals surface area (Å²) in [5.74, 6) is 0.0508. The van der Waals surface area contributed by atoms with E-state index in [4.69, 9.17) is 4.74 Å². The number of carbonyl (C=O) groups excluding carboxylic acids is 2. The first-order valence-corrected chi connectivity index (χ1v) is 11.9. The molecular weight excluding hydrogens is 448 g/mol. The maximum Gasteiger partial charge on any atom is 0.225 e. The van der Waals surface area contributed by atoms with Crippen molar-refractivity contribution in [3.8, 4) is 11.8 Å². The number of ether oxygens (including phenoxy) is 1. The van der Waals surface area contributed by atoms with Crippen LogP contribution in [0.15, 0.2) is 48.7 Å². The van der Waals surface area contributed by atoms with Crippen LogP contribution in [0.1, 0.15) is 52.4 Å². The van der Waals surface area contributed by atoms with Crippen molar-refractivity contribution in [2.45, 2.75) is 38.1 Å². The summed E-state index contributed by atoms with van der Waals surface area (Å²) in [4.78, 5) is 31.2. The molecule has 34 heavy (non-hydrogen) atoms. The number of pyridine rings is 1. The molecule has 0 spiro atoms. The van der Waals surface area contributed by atoms with E-state index in [9.17, 15) is 14.9 Å². The molecule has 1 aliphatic rings. The van der Waals surface area contributed by atoms with Gasteiger partial charge in [-0.05, 0) is 35.2 Å².